The van der Waals surface area contributed by atoms with Crippen LogP contribution in [0.5, 0.6) is 5.75 Å². The first-order valence-electron chi connectivity index (χ1n) is 5.32. The normalized spacial score (nSPS) is 12.5. The Bertz CT molecular complexity index is 287. The van der Waals surface area contributed by atoms with E-state index in [1.54, 1.807) is 7.11 Å². The van der Waals surface area contributed by atoms with Crippen LogP contribution in [-0.2, 0) is 6.54 Å². The predicted molar refractivity (Wildman–Crippen MR) is 63.0 cm³/mol. The maximum atomic E-state index is 5.66. The van der Waals surface area contributed by atoms with Crippen LogP contribution in [-0.4, -0.2) is 19.7 Å². The second-order valence-corrected chi connectivity index (χ2v) is 3.75. The molecule has 1 unspecified atom stereocenters. The zero-order chi connectivity index (χ0) is 11.1. The molecule has 0 spiro atoms. The molecule has 0 aliphatic carbocycles. The molecule has 1 aromatic carbocycles. The Labute approximate surface area is 91.6 Å². The van der Waals surface area contributed by atoms with Gasteiger partial charge in [-0.3, -0.25) is 0 Å². The van der Waals surface area contributed by atoms with Crippen LogP contribution in [0.3, 0.4) is 0 Å². The number of benzene rings is 1. The van der Waals surface area contributed by atoms with E-state index in [4.69, 9.17) is 10.5 Å². The summed E-state index contributed by atoms with van der Waals surface area (Å²) in [6.07, 6.45) is 0.995. The van der Waals surface area contributed by atoms with Crippen LogP contribution in [0.2, 0.25) is 0 Å². The van der Waals surface area contributed by atoms with Crippen molar-refractivity contribution in [3.63, 3.8) is 0 Å². The average Bonchev–Trinajstić information content (AvgIpc) is 2.24. The molecule has 0 amide bonds. The first kappa shape index (κ1) is 12.0. The zero-order valence-electron chi connectivity index (χ0n) is 9.49. The van der Waals surface area contributed by atoms with Crippen LogP contribution in [0.4, 0.5) is 0 Å². The lowest BCUT2D eigenvalue weighted by molar-refractivity contribution is 0.407. The van der Waals surface area contributed by atoms with Gasteiger partial charge in [0.1, 0.15) is 5.75 Å². The van der Waals surface area contributed by atoms with Crippen molar-refractivity contribution in [2.75, 3.05) is 13.7 Å². The molecular weight excluding hydrogens is 188 g/mol. The molecule has 1 atom stereocenters. The van der Waals surface area contributed by atoms with Crippen molar-refractivity contribution in [2.45, 2.75) is 25.9 Å². The lowest BCUT2D eigenvalue weighted by atomic mass is 10.2. The molecule has 0 heterocycles. The molecule has 3 N–H and O–H groups in total. The van der Waals surface area contributed by atoms with E-state index in [9.17, 15) is 0 Å². The van der Waals surface area contributed by atoms with Crippen molar-refractivity contribution in [2.24, 2.45) is 5.73 Å². The molecule has 1 aromatic rings. The highest BCUT2D eigenvalue weighted by Crippen LogP contribution is 2.16. The fourth-order valence-corrected chi connectivity index (χ4v) is 1.40. The number of nitrogens with one attached hydrogen (secondary N) is 1. The first-order valence-corrected chi connectivity index (χ1v) is 5.32. The molecule has 0 saturated heterocycles. The fourth-order valence-electron chi connectivity index (χ4n) is 1.40. The number of methoxy groups -OCH3 is 1. The summed E-state index contributed by atoms with van der Waals surface area (Å²) in [4.78, 5) is 0. The number of para-hydroxylation sites is 1. The summed E-state index contributed by atoms with van der Waals surface area (Å²) in [7, 11) is 1.70. The van der Waals surface area contributed by atoms with Gasteiger partial charge in [-0.2, -0.15) is 0 Å². The highest BCUT2D eigenvalue weighted by molar-refractivity contribution is 5.32. The van der Waals surface area contributed by atoms with Gasteiger partial charge >= 0.3 is 0 Å². The third kappa shape index (κ3) is 4.32. The topological polar surface area (TPSA) is 47.3 Å². The monoisotopic (exact) mass is 208 g/mol. The van der Waals surface area contributed by atoms with Crippen molar-refractivity contribution in [3.05, 3.63) is 29.8 Å². The minimum atomic E-state index is 0.259. The summed E-state index contributed by atoms with van der Waals surface area (Å²) in [5.74, 6) is 0.936. The van der Waals surface area contributed by atoms with Gasteiger partial charge < -0.3 is 15.8 Å². The third-order valence-electron chi connectivity index (χ3n) is 2.28. The smallest absolute Gasteiger partial charge is 0.123 e. The Kier molecular flexibility index (Phi) is 5.15. The number of hydrogen-bond donors (Lipinski definition) is 2. The molecule has 1 rings (SSSR count). The summed E-state index contributed by atoms with van der Waals surface area (Å²) >= 11 is 0. The van der Waals surface area contributed by atoms with Crippen molar-refractivity contribution in [1.29, 1.82) is 0 Å². The van der Waals surface area contributed by atoms with Crippen LogP contribution in [0.1, 0.15) is 18.9 Å². The van der Waals surface area contributed by atoms with E-state index in [2.05, 4.69) is 11.4 Å². The van der Waals surface area contributed by atoms with E-state index in [-0.39, 0.29) is 6.04 Å². The average molecular weight is 208 g/mol. The van der Waals surface area contributed by atoms with Gasteiger partial charge in [0.15, 0.2) is 0 Å². The number of ether oxygens (including phenoxy) is 1. The quantitative estimate of drug-likeness (QED) is 0.697. The highest BCUT2D eigenvalue weighted by atomic mass is 16.5. The molecule has 0 aliphatic heterocycles. The second kappa shape index (κ2) is 6.43. The molecular formula is C12H20N2O. The molecule has 3 heteroatoms. The van der Waals surface area contributed by atoms with Crippen molar-refractivity contribution in [3.8, 4) is 5.75 Å². The van der Waals surface area contributed by atoms with Crippen molar-refractivity contribution >= 4 is 0 Å². The van der Waals surface area contributed by atoms with E-state index in [0.29, 0.717) is 0 Å². The van der Waals surface area contributed by atoms with E-state index >= 15 is 0 Å². The predicted octanol–water partition coefficient (Wildman–Crippen LogP) is 1.52. The Morgan fingerprint density at radius 1 is 1.40 bits per heavy atom. The second-order valence-electron chi connectivity index (χ2n) is 3.75. The van der Waals surface area contributed by atoms with Gasteiger partial charge in [0.2, 0.25) is 0 Å². The van der Waals surface area contributed by atoms with Gasteiger partial charge in [0, 0.05) is 18.2 Å². The van der Waals surface area contributed by atoms with Gasteiger partial charge in [-0.15, -0.1) is 0 Å². The number of hydrogen-bond acceptors (Lipinski definition) is 3. The van der Waals surface area contributed by atoms with E-state index < -0.39 is 0 Å². The van der Waals surface area contributed by atoms with Crippen LogP contribution < -0.4 is 15.8 Å². The van der Waals surface area contributed by atoms with E-state index in [1.807, 2.05) is 25.1 Å². The van der Waals surface area contributed by atoms with Gasteiger partial charge in [-0.05, 0) is 26.0 Å². The summed E-state index contributed by atoms with van der Waals surface area (Å²) in [6.45, 7) is 3.79. The maximum Gasteiger partial charge on any atom is 0.123 e. The van der Waals surface area contributed by atoms with Gasteiger partial charge in [0.25, 0.3) is 0 Å². The van der Waals surface area contributed by atoms with Crippen LogP contribution in [0, 0.1) is 0 Å². The lowest BCUT2D eigenvalue weighted by Crippen LogP contribution is -2.23. The van der Waals surface area contributed by atoms with Gasteiger partial charge in [-0.25, -0.2) is 0 Å². The number of nitrogens with two attached hydrogens (primary N) is 1. The molecule has 0 aliphatic rings. The summed E-state index contributed by atoms with van der Waals surface area (Å²) < 4.78 is 5.26. The SMILES string of the molecule is COc1ccccc1CNCCC(C)N. The molecule has 0 aromatic heterocycles. The van der Waals surface area contributed by atoms with E-state index in [1.165, 1.54) is 5.56 Å². The first-order chi connectivity index (χ1) is 7.24. The summed E-state index contributed by atoms with van der Waals surface area (Å²) in [6, 6.07) is 8.30. The van der Waals surface area contributed by atoms with Crippen LogP contribution >= 0.6 is 0 Å². The summed E-state index contributed by atoms with van der Waals surface area (Å²) in [5.41, 5.74) is 6.85. The lowest BCUT2D eigenvalue weighted by Gasteiger charge is -2.10. The third-order valence-corrected chi connectivity index (χ3v) is 2.28. The highest BCUT2D eigenvalue weighted by Gasteiger charge is 2.00. The molecule has 0 radical (unpaired) electrons. The minimum Gasteiger partial charge on any atom is -0.496 e. The Balaban J connectivity index is 2.36. The molecule has 84 valence electrons. The fraction of sp³-hybridized carbons (Fsp3) is 0.500. The number of rotatable bonds is 6. The maximum absolute atomic E-state index is 5.66. The van der Waals surface area contributed by atoms with Gasteiger partial charge in [-0.1, -0.05) is 18.2 Å². The van der Waals surface area contributed by atoms with E-state index in [0.717, 1.165) is 25.3 Å². The zero-order valence-corrected chi connectivity index (χ0v) is 9.49. The molecule has 15 heavy (non-hydrogen) atoms. The Morgan fingerprint density at radius 3 is 2.80 bits per heavy atom. The van der Waals surface area contributed by atoms with Crippen molar-refractivity contribution < 1.29 is 4.74 Å². The molecule has 0 fully saturated rings. The van der Waals surface area contributed by atoms with Crippen LogP contribution in [0.15, 0.2) is 24.3 Å². The molecule has 0 saturated carbocycles. The standard InChI is InChI=1S/C12H20N2O/c1-10(13)7-8-14-9-11-5-3-4-6-12(11)15-2/h3-6,10,14H,7-9,13H2,1-2H3. The summed E-state index contributed by atoms with van der Waals surface area (Å²) in [5, 5.41) is 3.35. The largest absolute Gasteiger partial charge is 0.496 e. The molecule has 3 nitrogen and oxygen atoms in total. The molecule has 0 bridgehead atoms. The van der Waals surface area contributed by atoms with Crippen molar-refractivity contribution in [1.82, 2.24) is 5.32 Å². The Morgan fingerprint density at radius 2 is 2.13 bits per heavy atom. The Hall–Kier alpha value is -1.06. The minimum absolute atomic E-state index is 0.259. The van der Waals surface area contributed by atoms with Crippen LogP contribution in [0.25, 0.3) is 0 Å². The van der Waals surface area contributed by atoms with Gasteiger partial charge in [0.05, 0.1) is 7.11 Å².